The number of hydrogen-bond donors (Lipinski definition) is 3. The molecule has 3 N–H and O–H groups in total. The molecule has 4 rings (SSSR count). The van der Waals surface area contributed by atoms with Crippen LogP contribution in [0.5, 0.6) is 5.75 Å². The van der Waals surface area contributed by atoms with Crippen molar-refractivity contribution in [2.45, 2.75) is 19.8 Å². The van der Waals surface area contributed by atoms with Crippen LogP contribution in [-0.2, 0) is 16.0 Å². The number of aromatic nitrogens is 1. The number of benzene rings is 3. The molecule has 0 aliphatic heterocycles. The van der Waals surface area contributed by atoms with Gasteiger partial charge in [0.05, 0.1) is 7.11 Å². The Hall–Kier alpha value is -4.13. The first kappa shape index (κ1) is 22.1. The largest absolute Gasteiger partial charge is 0.497 e. The zero-order chi connectivity index (χ0) is 23.4. The van der Waals surface area contributed by atoms with Gasteiger partial charge in [0, 0.05) is 41.3 Å². The Balaban J connectivity index is 1.54. The van der Waals surface area contributed by atoms with Crippen molar-refractivity contribution in [2.24, 2.45) is 0 Å². The number of amides is 2. The minimum absolute atomic E-state index is 0.158. The van der Waals surface area contributed by atoms with Crippen molar-refractivity contribution in [3.63, 3.8) is 0 Å². The number of methoxy groups -OCH3 is 1. The number of rotatable bonds is 7. The van der Waals surface area contributed by atoms with E-state index in [-0.39, 0.29) is 24.1 Å². The first-order chi connectivity index (χ1) is 15.9. The van der Waals surface area contributed by atoms with E-state index in [1.807, 2.05) is 24.3 Å². The number of H-pyrrole nitrogens is 1. The topological polar surface area (TPSA) is 83.2 Å². The molecule has 3 aromatic carbocycles. The van der Waals surface area contributed by atoms with Gasteiger partial charge in [-0.1, -0.05) is 0 Å². The van der Waals surface area contributed by atoms with Gasteiger partial charge in [0.2, 0.25) is 11.8 Å². The molecule has 0 saturated heterocycles. The SMILES string of the molecule is COc1ccc(-c2[nH]c3ccc(F)cc3c2CCC(=O)Nc2ccc(NC(C)=O)cc2)cc1. The quantitative estimate of drug-likeness (QED) is 0.351. The van der Waals surface area contributed by atoms with E-state index in [0.717, 1.165) is 33.5 Å². The van der Waals surface area contributed by atoms with Crippen molar-refractivity contribution < 1.29 is 18.7 Å². The number of hydrogen-bond acceptors (Lipinski definition) is 3. The van der Waals surface area contributed by atoms with E-state index in [9.17, 15) is 14.0 Å². The molecule has 33 heavy (non-hydrogen) atoms. The van der Waals surface area contributed by atoms with Gasteiger partial charge in [-0.2, -0.15) is 0 Å². The van der Waals surface area contributed by atoms with Crippen LogP contribution in [0.3, 0.4) is 0 Å². The monoisotopic (exact) mass is 445 g/mol. The van der Waals surface area contributed by atoms with Crippen LogP contribution in [0.25, 0.3) is 22.2 Å². The second-order valence-electron chi connectivity index (χ2n) is 7.70. The van der Waals surface area contributed by atoms with Crippen LogP contribution in [0.4, 0.5) is 15.8 Å². The summed E-state index contributed by atoms with van der Waals surface area (Å²) >= 11 is 0. The fourth-order valence-electron chi connectivity index (χ4n) is 3.79. The number of ether oxygens (including phenoxy) is 1. The standard InChI is InChI=1S/C26H24FN3O3/c1-16(31)28-19-6-8-20(9-7-19)29-25(32)14-12-22-23-15-18(27)5-13-24(23)30-26(22)17-3-10-21(33-2)11-4-17/h3-11,13,15,30H,12,14H2,1-2H3,(H,28,31)(H,29,32). The minimum atomic E-state index is -0.326. The van der Waals surface area contributed by atoms with Crippen molar-refractivity contribution in [3.05, 3.63) is 78.1 Å². The first-order valence-corrected chi connectivity index (χ1v) is 10.5. The molecule has 6 nitrogen and oxygen atoms in total. The number of anilines is 2. The maximum atomic E-state index is 14.0. The van der Waals surface area contributed by atoms with Crippen LogP contribution in [0, 0.1) is 5.82 Å². The molecule has 1 aromatic heterocycles. The third-order valence-corrected chi connectivity index (χ3v) is 5.34. The van der Waals surface area contributed by atoms with E-state index in [0.29, 0.717) is 17.8 Å². The molecule has 168 valence electrons. The van der Waals surface area contributed by atoms with E-state index >= 15 is 0 Å². The highest BCUT2D eigenvalue weighted by atomic mass is 19.1. The van der Waals surface area contributed by atoms with Crippen molar-refractivity contribution in [1.82, 2.24) is 4.98 Å². The highest BCUT2D eigenvalue weighted by molar-refractivity contribution is 5.94. The number of aryl methyl sites for hydroxylation is 1. The molecule has 0 spiro atoms. The summed E-state index contributed by atoms with van der Waals surface area (Å²) in [6.07, 6.45) is 0.653. The summed E-state index contributed by atoms with van der Waals surface area (Å²) in [6, 6.07) is 19.1. The molecule has 0 saturated carbocycles. The Labute approximate surface area is 190 Å². The average Bonchev–Trinajstić information content (AvgIpc) is 3.16. The second-order valence-corrected chi connectivity index (χ2v) is 7.70. The summed E-state index contributed by atoms with van der Waals surface area (Å²) < 4.78 is 19.2. The van der Waals surface area contributed by atoms with E-state index in [2.05, 4.69) is 15.6 Å². The zero-order valence-electron chi connectivity index (χ0n) is 18.4. The van der Waals surface area contributed by atoms with Crippen LogP contribution in [0.15, 0.2) is 66.7 Å². The highest BCUT2D eigenvalue weighted by Gasteiger charge is 2.16. The van der Waals surface area contributed by atoms with Crippen LogP contribution >= 0.6 is 0 Å². The fourth-order valence-corrected chi connectivity index (χ4v) is 3.79. The van der Waals surface area contributed by atoms with Gasteiger partial charge in [-0.15, -0.1) is 0 Å². The minimum Gasteiger partial charge on any atom is -0.497 e. The molecule has 7 heteroatoms. The molecule has 0 fully saturated rings. The maximum Gasteiger partial charge on any atom is 0.224 e. The lowest BCUT2D eigenvalue weighted by molar-refractivity contribution is -0.116. The second kappa shape index (κ2) is 9.56. The zero-order valence-corrected chi connectivity index (χ0v) is 18.4. The third-order valence-electron chi connectivity index (χ3n) is 5.34. The number of fused-ring (bicyclic) bond motifs is 1. The fraction of sp³-hybridized carbons (Fsp3) is 0.154. The van der Waals surface area contributed by atoms with Crippen molar-refractivity contribution >= 4 is 34.1 Å². The summed E-state index contributed by atoms with van der Waals surface area (Å²) in [7, 11) is 1.61. The molecule has 0 bridgehead atoms. The predicted octanol–water partition coefficient (Wildman–Crippen LogP) is 5.51. The van der Waals surface area contributed by atoms with Crippen molar-refractivity contribution in [3.8, 4) is 17.0 Å². The predicted molar refractivity (Wildman–Crippen MR) is 128 cm³/mol. The average molecular weight is 445 g/mol. The van der Waals surface area contributed by atoms with E-state index in [1.165, 1.54) is 19.1 Å². The molecule has 1 heterocycles. The Bertz CT molecular complexity index is 1300. The molecule has 0 unspecified atom stereocenters. The summed E-state index contributed by atoms with van der Waals surface area (Å²) in [5.41, 5.74) is 4.76. The molecule has 4 aromatic rings. The van der Waals surface area contributed by atoms with Gasteiger partial charge in [0.25, 0.3) is 0 Å². The van der Waals surface area contributed by atoms with Crippen LogP contribution < -0.4 is 15.4 Å². The lowest BCUT2D eigenvalue weighted by atomic mass is 10.0. The molecule has 2 amide bonds. The van der Waals surface area contributed by atoms with Gasteiger partial charge in [0.15, 0.2) is 0 Å². The Morgan fingerprint density at radius 3 is 2.24 bits per heavy atom. The van der Waals surface area contributed by atoms with Gasteiger partial charge < -0.3 is 20.4 Å². The van der Waals surface area contributed by atoms with Crippen molar-refractivity contribution in [1.29, 1.82) is 0 Å². The molecule has 0 aliphatic carbocycles. The molecule has 0 atom stereocenters. The van der Waals surface area contributed by atoms with Gasteiger partial charge in [-0.3, -0.25) is 9.59 Å². The van der Waals surface area contributed by atoms with Crippen molar-refractivity contribution in [2.75, 3.05) is 17.7 Å². The summed E-state index contributed by atoms with van der Waals surface area (Å²) in [5.74, 6) is 0.0995. The molecule has 0 radical (unpaired) electrons. The molecular formula is C26H24FN3O3. The smallest absolute Gasteiger partial charge is 0.224 e. The number of carbonyl (C=O) groups excluding carboxylic acids is 2. The summed E-state index contributed by atoms with van der Waals surface area (Å²) in [5, 5.41) is 6.31. The maximum absolute atomic E-state index is 14.0. The van der Waals surface area contributed by atoms with Gasteiger partial charge in [0.1, 0.15) is 11.6 Å². The third kappa shape index (κ3) is 5.20. The molecular weight excluding hydrogens is 421 g/mol. The van der Waals surface area contributed by atoms with E-state index in [4.69, 9.17) is 4.74 Å². The highest BCUT2D eigenvalue weighted by Crippen LogP contribution is 2.33. The van der Waals surface area contributed by atoms with E-state index < -0.39 is 0 Å². The first-order valence-electron chi connectivity index (χ1n) is 10.5. The number of aromatic amines is 1. The van der Waals surface area contributed by atoms with Gasteiger partial charge >= 0.3 is 0 Å². The summed E-state index contributed by atoms with van der Waals surface area (Å²) in [6.45, 7) is 1.44. The number of nitrogens with one attached hydrogen (secondary N) is 3. The normalized spacial score (nSPS) is 10.8. The Kier molecular flexibility index (Phi) is 6.40. The van der Waals surface area contributed by atoms with Crippen LogP contribution in [0.1, 0.15) is 18.9 Å². The Morgan fingerprint density at radius 2 is 1.61 bits per heavy atom. The van der Waals surface area contributed by atoms with Crippen LogP contribution in [-0.4, -0.2) is 23.9 Å². The number of carbonyl (C=O) groups is 2. The van der Waals surface area contributed by atoms with Gasteiger partial charge in [-0.25, -0.2) is 4.39 Å². The Morgan fingerprint density at radius 1 is 0.939 bits per heavy atom. The van der Waals surface area contributed by atoms with Gasteiger partial charge in [-0.05, 0) is 84.3 Å². The lowest BCUT2D eigenvalue weighted by Crippen LogP contribution is -2.12. The molecule has 0 aliphatic rings. The lowest BCUT2D eigenvalue weighted by Gasteiger charge is -2.09. The van der Waals surface area contributed by atoms with Crippen LogP contribution in [0.2, 0.25) is 0 Å². The number of halogens is 1. The van der Waals surface area contributed by atoms with E-state index in [1.54, 1.807) is 37.4 Å². The summed E-state index contributed by atoms with van der Waals surface area (Å²) in [4.78, 5) is 27.1.